The average molecular weight is 188 g/mol. The molecule has 0 fully saturated rings. The molecule has 0 N–H and O–H groups in total. The summed E-state index contributed by atoms with van der Waals surface area (Å²) < 4.78 is 0. The molecule has 0 aromatic heterocycles. The largest absolute Gasteiger partial charge is 0.0654 e. The van der Waals surface area contributed by atoms with E-state index in [2.05, 4.69) is 39.0 Å². The van der Waals surface area contributed by atoms with Gasteiger partial charge in [-0.3, -0.25) is 0 Å². The summed E-state index contributed by atoms with van der Waals surface area (Å²) in [4.78, 5) is 0. The Hall–Kier alpha value is -0.780. The molecule has 14 heavy (non-hydrogen) atoms. The number of benzene rings is 1. The van der Waals surface area contributed by atoms with E-state index in [-0.39, 0.29) is 0 Å². The van der Waals surface area contributed by atoms with Crippen molar-refractivity contribution in [3.05, 3.63) is 34.9 Å². The Morgan fingerprint density at radius 3 is 2.36 bits per heavy atom. The number of hydrogen-bond donors (Lipinski definition) is 0. The highest BCUT2D eigenvalue weighted by Crippen LogP contribution is 2.32. The predicted octanol–water partition coefficient (Wildman–Crippen LogP) is 3.86. The molecule has 0 nitrogen and oxygen atoms in total. The van der Waals surface area contributed by atoms with Crippen LogP contribution in [0.15, 0.2) is 18.2 Å². The topological polar surface area (TPSA) is 0 Å². The highest BCUT2D eigenvalue weighted by Gasteiger charge is 2.22. The standard InChI is InChI=1S/C14H20/c1-4-9-14(2,3)13-8-7-11-5-6-12(11)10-13/h7-8,10H,4-6,9H2,1-3H3. The van der Waals surface area contributed by atoms with Crippen molar-refractivity contribution >= 4 is 0 Å². The maximum atomic E-state index is 2.43. The second-order valence-electron chi connectivity index (χ2n) is 5.12. The smallest absolute Gasteiger partial charge is 0.0104 e. The Balaban J connectivity index is 2.27. The summed E-state index contributed by atoms with van der Waals surface area (Å²) in [6, 6.07) is 7.08. The lowest BCUT2D eigenvalue weighted by molar-refractivity contribution is 0.472. The Bertz CT molecular complexity index is 334. The van der Waals surface area contributed by atoms with Crippen molar-refractivity contribution in [1.29, 1.82) is 0 Å². The van der Waals surface area contributed by atoms with E-state index in [9.17, 15) is 0 Å². The van der Waals surface area contributed by atoms with E-state index in [1.165, 1.54) is 31.2 Å². The normalized spacial score (nSPS) is 14.8. The molecule has 76 valence electrons. The maximum absolute atomic E-state index is 2.43. The fourth-order valence-corrected chi connectivity index (χ4v) is 2.39. The molecule has 1 aromatic rings. The Morgan fingerprint density at radius 2 is 1.86 bits per heavy atom. The molecule has 1 aromatic carbocycles. The second-order valence-corrected chi connectivity index (χ2v) is 5.12. The molecule has 0 heterocycles. The molecular formula is C14H20. The van der Waals surface area contributed by atoms with Crippen molar-refractivity contribution in [3.8, 4) is 0 Å². The molecule has 0 radical (unpaired) electrons. The van der Waals surface area contributed by atoms with Gasteiger partial charge in [0.15, 0.2) is 0 Å². The monoisotopic (exact) mass is 188 g/mol. The molecule has 1 aliphatic carbocycles. The summed E-state index contributed by atoms with van der Waals surface area (Å²) in [6.45, 7) is 6.98. The molecule has 0 aliphatic heterocycles. The Morgan fingerprint density at radius 1 is 1.14 bits per heavy atom. The van der Waals surface area contributed by atoms with Crippen LogP contribution in [0.5, 0.6) is 0 Å². The third-order valence-corrected chi connectivity index (χ3v) is 3.53. The SMILES string of the molecule is CCCC(C)(C)c1ccc2c(c1)CC2. The molecule has 0 heteroatoms. The van der Waals surface area contributed by atoms with Gasteiger partial charge in [-0.25, -0.2) is 0 Å². The van der Waals surface area contributed by atoms with Crippen molar-refractivity contribution in [2.24, 2.45) is 0 Å². The van der Waals surface area contributed by atoms with Crippen LogP contribution in [-0.4, -0.2) is 0 Å². The zero-order valence-electron chi connectivity index (χ0n) is 9.56. The molecule has 0 saturated carbocycles. The van der Waals surface area contributed by atoms with E-state index in [0.29, 0.717) is 5.41 Å². The summed E-state index contributed by atoms with van der Waals surface area (Å²) in [5.74, 6) is 0. The van der Waals surface area contributed by atoms with Crippen LogP contribution in [0.2, 0.25) is 0 Å². The van der Waals surface area contributed by atoms with Crippen LogP contribution in [0, 0.1) is 0 Å². The van der Waals surface area contributed by atoms with Crippen LogP contribution in [-0.2, 0) is 18.3 Å². The van der Waals surface area contributed by atoms with Gasteiger partial charge in [0.2, 0.25) is 0 Å². The molecule has 0 bridgehead atoms. The van der Waals surface area contributed by atoms with Gasteiger partial charge in [-0.05, 0) is 41.4 Å². The van der Waals surface area contributed by atoms with Gasteiger partial charge < -0.3 is 0 Å². The minimum Gasteiger partial charge on any atom is -0.0654 e. The highest BCUT2D eigenvalue weighted by atomic mass is 14.3. The highest BCUT2D eigenvalue weighted by molar-refractivity contribution is 5.40. The first-order valence-corrected chi connectivity index (χ1v) is 5.76. The summed E-state index contributed by atoms with van der Waals surface area (Å²) >= 11 is 0. The Labute approximate surface area is 87.3 Å². The van der Waals surface area contributed by atoms with Crippen molar-refractivity contribution in [2.45, 2.75) is 51.9 Å². The maximum Gasteiger partial charge on any atom is -0.0104 e. The molecule has 0 saturated heterocycles. The molecule has 0 atom stereocenters. The third kappa shape index (κ3) is 1.58. The van der Waals surface area contributed by atoms with E-state index in [0.717, 1.165) is 0 Å². The van der Waals surface area contributed by atoms with Gasteiger partial charge in [-0.15, -0.1) is 0 Å². The molecule has 0 amide bonds. The molecule has 1 aliphatic rings. The van der Waals surface area contributed by atoms with Gasteiger partial charge in [-0.2, -0.15) is 0 Å². The number of fused-ring (bicyclic) bond motifs is 1. The number of aryl methyl sites for hydroxylation is 2. The summed E-state index contributed by atoms with van der Waals surface area (Å²) in [7, 11) is 0. The second kappa shape index (κ2) is 3.42. The van der Waals surface area contributed by atoms with Gasteiger partial charge in [0.05, 0.1) is 0 Å². The van der Waals surface area contributed by atoms with Crippen molar-refractivity contribution in [3.63, 3.8) is 0 Å². The lowest BCUT2D eigenvalue weighted by Gasteiger charge is -2.28. The van der Waals surface area contributed by atoms with Crippen molar-refractivity contribution < 1.29 is 0 Å². The lowest BCUT2D eigenvalue weighted by atomic mass is 9.77. The zero-order chi connectivity index (χ0) is 10.2. The van der Waals surface area contributed by atoms with Crippen molar-refractivity contribution in [1.82, 2.24) is 0 Å². The van der Waals surface area contributed by atoms with E-state index in [1.807, 2.05) is 0 Å². The van der Waals surface area contributed by atoms with Crippen LogP contribution in [0.3, 0.4) is 0 Å². The predicted molar refractivity (Wildman–Crippen MR) is 61.8 cm³/mol. The number of rotatable bonds is 3. The van der Waals surface area contributed by atoms with Crippen molar-refractivity contribution in [2.75, 3.05) is 0 Å². The molecule has 0 unspecified atom stereocenters. The third-order valence-electron chi connectivity index (χ3n) is 3.53. The average Bonchev–Trinajstić information content (AvgIpc) is 2.06. The molecular weight excluding hydrogens is 168 g/mol. The zero-order valence-corrected chi connectivity index (χ0v) is 9.56. The van der Waals surface area contributed by atoms with Crippen LogP contribution in [0.1, 0.15) is 50.3 Å². The molecule has 0 spiro atoms. The fourth-order valence-electron chi connectivity index (χ4n) is 2.39. The van der Waals surface area contributed by atoms with Crippen LogP contribution < -0.4 is 0 Å². The summed E-state index contributed by atoms with van der Waals surface area (Å²) in [6.07, 6.45) is 5.14. The van der Waals surface area contributed by atoms with E-state index < -0.39 is 0 Å². The minimum absolute atomic E-state index is 0.360. The molecule has 2 rings (SSSR count). The minimum atomic E-state index is 0.360. The van der Waals surface area contributed by atoms with E-state index in [1.54, 1.807) is 11.1 Å². The quantitative estimate of drug-likeness (QED) is 0.675. The van der Waals surface area contributed by atoms with Crippen LogP contribution in [0.25, 0.3) is 0 Å². The lowest BCUT2D eigenvalue weighted by Crippen LogP contribution is -2.19. The van der Waals surface area contributed by atoms with Gasteiger partial charge >= 0.3 is 0 Å². The van der Waals surface area contributed by atoms with Gasteiger partial charge in [0.1, 0.15) is 0 Å². The van der Waals surface area contributed by atoms with Crippen LogP contribution in [0.4, 0.5) is 0 Å². The fraction of sp³-hybridized carbons (Fsp3) is 0.571. The first-order chi connectivity index (χ1) is 6.63. The summed E-state index contributed by atoms with van der Waals surface area (Å²) in [5.41, 5.74) is 5.05. The first kappa shape index (κ1) is 9.76. The van der Waals surface area contributed by atoms with Crippen LogP contribution >= 0.6 is 0 Å². The van der Waals surface area contributed by atoms with E-state index in [4.69, 9.17) is 0 Å². The number of hydrogen-bond acceptors (Lipinski definition) is 0. The summed E-state index contributed by atoms with van der Waals surface area (Å²) in [5, 5.41) is 0. The first-order valence-electron chi connectivity index (χ1n) is 5.76. The van der Waals surface area contributed by atoms with Gasteiger partial charge in [0.25, 0.3) is 0 Å². The van der Waals surface area contributed by atoms with Gasteiger partial charge in [-0.1, -0.05) is 45.4 Å². The Kier molecular flexibility index (Phi) is 2.38. The van der Waals surface area contributed by atoms with E-state index >= 15 is 0 Å². The van der Waals surface area contributed by atoms with Gasteiger partial charge in [0, 0.05) is 0 Å².